The number of halogens is 4. The molecule has 0 saturated carbocycles. The molecule has 3 aromatic rings. The molecule has 7 nitrogen and oxygen atoms in total. The van der Waals surface area contributed by atoms with E-state index < -0.39 is 24.9 Å². The average Bonchev–Trinajstić information content (AvgIpc) is 3.19. The van der Waals surface area contributed by atoms with E-state index >= 15 is 0 Å². The fourth-order valence-electron chi connectivity index (χ4n) is 4.32. The lowest BCUT2D eigenvalue weighted by atomic mass is 10.0. The Bertz CT molecular complexity index is 1450. The summed E-state index contributed by atoms with van der Waals surface area (Å²) in [5, 5.41) is 6.17. The number of nitrogens with one attached hydrogen (secondary N) is 2. The Morgan fingerprint density at radius 1 is 1.28 bits per heavy atom. The Kier molecular flexibility index (Phi) is 8.74. The summed E-state index contributed by atoms with van der Waals surface area (Å²) in [5.41, 5.74) is -2.35. The lowest BCUT2D eigenvalue weighted by molar-refractivity contribution is -0.0329. The smallest absolute Gasteiger partial charge is 0.447 e. The quantitative estimate of drug-likeness (QED) is 0.173. The number of rotatable bonds is 7. The van der Waals surface area contributed by atoms with Gasteiger partial charge in [0, 0.05) is 37.1 Å². The van der Waals surface area contributed by atoms with Crippen LogP contribution in [0.4, 0.5) is 28.9 Å². The summed E-state index contributed by atoms with van der Waals surface area (Å²) in [6.45, 7) is 4.33. The van der Waals surface area contributed by atoms with Crippen LogP contribution in [0.3, 0.4) is 0 Å². The maximum Gasteiger partial charge on any atom is 0.447 e. The zero-order valence-corrected chi connectivity index (χ0v) is 23.7. The van der Waals surface area contributed by atoms with Crippen molar-refractivity contribution in [2.75, 3.05) is 57.8 Å². The number of nitrogens with zero attached hydrogens (tertiary/aromatic N) is 3. The third-order valence-corrected chi connectivity index (χ3v) is 8.46. The molecule has 39 heavy (non-hydrogen) atoms. The van der Waals surface area contributed by atoms with Gasteiger partial charge in [-0.25, -0.2) is 4.39 Å². The van der Waals surface area contributed by atoms with Gasteiger partial charge in [-0.2, -0.15) is 13.2 Å². The van der Waals surface area contributed by atoms with E-state index in [1.165, 1.54) is 23.9 Å². The molecule has 0 spiro atoms. The Morgan fingerprint density at radius 2 is 2.05 bits per heavy atom. The molecule has 1 fully saturated rings. The van der Waals surface area contributed by atoms with E-state index in [0.29, 0.717) is 41.0 Å². The number of piperidine rings is 1. The van der Waals surface area contributed by atoms with E-state index in [4.69, 9.17) is 4.74 Å². The molecule has 1 aliphatic rings. The van der Waals surface area contributed by atoms with Crippen LogP contribution in [-0.2, 0) is 4.57 Å². The Morgan fingerprint density at radius 3 is 2.72 bits per heavy atom. The Balaban J connectivity index is 1.60. The van der Waals surface area contributed by atoms with E-state index in [9.17, 15) is 22.1 Å². The maximum atomic E-state index is 14.7. The molecular formula is C26H30F4N5O2PS. The number of methoxy groups -OCH3 is 1. The van der Waals surface area contributed by atoms with E-state index in [1.807, 2.05) is 11.9 Å². The molecule has 4 rings (SSSR count). The van der Waals surface area contributed by atoms with Gasteiger partial charge in [0.15, 0.2) is 0 Å². The van der Waals surface area contributed by atoms with Crippen molar-refractivity contribution >= 4 is 41.2 Å². The SMILES string of the molecule is COc1cc(P(C)(C)=O)ncc1NCC#Cc1cc2c(N[C@@H]3CCN(C)C[C@@H]3F)cccn2c1SC(F)(F)F. The number of fused-ring (bicyclic) bond motifs is 1. The fraction of sp³-hybridized carbons (Fsp3) is 0.423. The van der Waals surface area contributed by atoms with E-state index in [1.54, 1.807) is 37.6 Å². The molecule has 0 aliphatic carbocycles. The monoisotopic (exact) mass is 583 g/mol. The van der Waals surface area contributed by atoms with Crippen LogP contribution >= 0.6 is 18.9 Å². The van der Waals surface area contributed by atoms with Gasteiger partial charge in [-0.05, 0) is 45.0 Å². The van der Waals surface area contributed by atoms with Gasteiger partial charge in [-0.1, -0.05) is 11.8 Å². The highest BCUT2D eigenvalue weighted by molar-refractivity contribution is 8.00. The molecule has 0 unspecified atom stereocenters. The Hall–Kier alpha value is -2.87. The topological polar surface area (TPSA) is 70.9 Å². The van der Waals surface area contributed by atoms with Gasteiger partial charge in [0.05, 0.1) is 48.3 Å². The standard InChI is InChI=1S/C26H30F4N5O2PS/c1-34-12-9-19(18(27)16-34)33-20-8-6-11-35-22(20)13-17(25(35)39-26(28,29)30)7-5-10-31-21-15-32-24(38(3,4)36)14-23(21)37-2/h6,8,11,13-15,18-19,31,33H,9-10,12,16H2,1-4H3/t18-,19+/m0/s1. The highest BCUT2D eigenvalue weighted by Crippen LogP contribution is 2.41. The van der Waals surface area contributed by atoms with Crippen LogP contribution in [-0.4, -0.2) is 79.1 Å². The first-order valence-electron chi connectivity index (χ1n) is 12.2. The van der Waals surface area contributed by atoms with E-state index in [0.717, 1.165) is 6.54 Å². The summed E-state index contributed by atoms with van der Waals surface area (Å²) in [7, 11) is 0.747. The highest BCUT2D eigenvalue weighted by atomic mass is 32.2. The normalized spacial score (nSPS) is 18.5. The second kappa shape index (κ2) is 11.7. The molecule has 0 radical (unpaired) electrons. The van der Waals surface area contributed by atoms with Crippen molar-refractivity contribution in [1.82, 2.24) is 14.3 Å². The van der Waals surface area contributed by atoms with Crippen LogP contribution in [0, 0.1) is 11.8 Å². The maximum absolute atomic E-state index is 14.7. The van der Waals surface area contributed by atoms with Gasteiger partial charge in [0.2, 0.25) is 0 Å². The number of ether oxygens (including phenoxy) is 1. The summed E-state index contributed by atoms with van der Waals surface area (Å²) < 4.78 is 74.2. The summed E-state index contributed by atoms with van der Waals surface area (Å²) in [5.74, 6) is 6.15. The zero-order valence-electron chi connectivity index (χ0n) is 22.0. The van der Waals surface area contributed by atoms with Crippen LogP contribution in [0.15, 0.2) is 41.7 Å². The van der Waals surface area contributed by atoms with Crippen molar-refractivity contribution in [2.24, 2.45) is 0 Å². The third-order valence-electron chi connectivity index (χ3n) is 6.28. The number of hydrogen-bond acceptors (Lipinski definition) is 7. The van der Waals surface area contributed by atoms with E-state index in [2.05, 4.69) is 27.5 Å². The van der Waals surface area contributed by atoms with Crippen molar-refractivity contribution < 1.29 is 26.9 Å². The minimum Gasteiger partial charge on any atom is -0.494 e. The molecule has 0 bridgehead atoms. The van der Waals surface area contributed by atoms with Gasteiger partial charge in [0.25, 0.3) is 0 Å². The predicted octanol–water partition coefficient (Wildman–Crippen LogP) is 5.12. The van der Waals surface area contributed by atoms with Crippen LogP contribution in [0.5, 0.6) is 5.75 Å². The van der Waals surface area contributed by atoms with Crippen molar-refractivity contribution in [1.29, 1.82) is 0 Å². The molecular weight excluding hydrogens is 553 g/mol. The molecule has 1 saturated heterocycles. The number of pyridine rings is 2. The van der Waals surface area contributed by atoms with Crippen LogP contribution in [0.2, 0.25) is 0 Å². The first-order valence-corrected chi connectivity index (χ1v) is 15.6. The predicted molar refractivity (Wildman–Crippen MR) is 149 cm³/mol. The summed E-state index contributed by atoms with van der Waals surface area (Å²) in [6.07, 6.45) is 2.51. The van der Waals surface area contributed by atoms with Gasteiger partial charge in [-0.3, -0.25) is 4.98 Å². The van der Waals surface area contributed by atoms with Crippen molar-refractivity contribution in [3.63, 3.8) is 0 Å². The van der Waals surface area contributed by atoms with Crippen LogP contribution in [0.25, 0.3) is 5.52 Å². The lowest BCUT2D eigenvalue weighted by Crippen LogP contribution is -2.46. The van der Waals surface area contributed by atoms with Crippen molar-refractivity contribution in [2.45, 2.75) is 29.2 Å². The van der Waals surface area contributed by atoms with E-state index in [-0.39, 0.29) is 28.9 Å². The number of thioether (sulfide) groups is 1. The summed E-state index contributed by atoms with van der Waals surface area (Å²) >= 11 is -0.241. The lowest BCUT2D eigenvalue weighted by Gasteiger charge is -2.33. The molecule has 2 atom stereocenters. The minimum absolute atomic E-state index is 0.0703. The number of alkyl halides is 4. The van der Waals surface area contributed by atoms with Crippen molar-refractivity contribution in [3.8, 4) is 17.6 Å². The number of aromatic nitrogens is 2. The first-order chi connectivity index (χ1) is 18.4. The minimum atomic E-state index is -4.52. The third kappa shape index (κ3) is 7.21. The van der Waals surface area contributed by atoms with Gasteiger partial charge < -0.3 is 29.2 Å². The number of hydrogen-bond donors (Lipinski definition) is 2. The molecule has 4 heterocycles. The molecule has 3 aromatic heterocycles. The second-order valence-corrected chi connectivity index (χ2v) is 13.9. The second-order valence-electron chi connectivity index (χ2n) is 9.65. The molecule has 1 aliphatic heterocycles. The molecule has 0 aromatic carbocycles. The van der Waals surface area contributed by atoms with Gasteiger partial charge >= 0.3 is 5.51 Å². The molecule has 2 N–H and O–H groups in total. The summed E-state index contributed by atoms with van der Waals surface area (Å²) in [6, 6.07) is 6.10. The van der Waals surface area contributed by atoms with Gasteiger partial charge in [0.1, 0.15) is 29.5 Å². The van der Waals surface area contributed by atoms with Crippen LogP contribution < -0.4 is 20.8 Å². The number of anilines is 2. The first kappa shape index (κ1) is 29.1. The number of likely N-dealkylation sites (tertiary alicyclic amines) is 1. The average molecular weight is 584 g/mol. The van der Waals surface area contributed by atoms with Crippen LogP contribution in [0.1, 0.15) is 12.0 Å². The summed E-state index contributed by atoms with van der Waals surface area (Å²) in [4.78, 5) is 6.13. The molecule has 210 valence electrons. The zero-order chi connectivity index (χ0) is 28.4. The fourth-order valence-corrected chi connectivity index (χ4v) is 5.78. The molecule has 13 heteroatoms. The highest BCUT2D eigenvalue weighted by Gasteiger charge is 2.33. The van der Waals surface area contributed by atoms with Gasteiger partial charge in [-0.15, -0.1) is 0 Å². The largest absolute Gasteiger partial charge is 0.494 e. The van der Waals surface area contributed by atoms with Crippen molar-refractivity contribution in [3.05, 3.63) is 42.2 Å². The molecule has 0 amide bonds. The Labute approximate surface area is 229 Å².